The molecule has 0 heterocycles. The SMILES string of the molecule is CC(=O)NCC(O)S. The number of rotatable bonds is 2. The van der Waals surface area contributed by atoms with Crippen LogP contribution >= 0.6 is 12.6 Å². The van der Waals surface area contributed by atoms with Crippen molar-refractivity contribution in [3.63, 3.8) is 0 Å². The van der Waals surface area contributed by atoms with Gasteiger partial charge in [0.2, 0.25) is 5.91 Å². The number of aliphatic hydroxyl groups is 1. The molecule has 0 aromatic rings. The van der Waals surface area contributed by atoms with Crippen LogP contribution in [0.5, 0.6) is 0 Å². The molecule has 1 atom stereocenters. The van der Waals surface area contributed by atoms with Crippen LogP contribution in [-0.4, -0.2) is 23.0 Å². The molecule has 4 heteroatoms. The maximum atomic E-state index is 10.1. The topological polar surface area (TPSA) is 49.3 Å². The van der Waals surface area contributed by atoms with Gasteiger partial charge < -0.3 is 10.4 Å². The van der Waals surface area contributed by atoms with Crippen molar-refractivity contribution in [2.75, 3.05) is 6.54 Å². The van der Waals surface area contributed by atoms with E-state index < -0.39 is 5.44 Å². The molecule has 0 aliphatic heterocycles. The molecule has 0 aliphatic carbocycles. The molecule has 0 aromatic heterocycles. The first-order valence-electron chi connectivity index (χ1n) is 2.23. The number of aliphatic hydroxyl groups excluding tert-OH is 1. The molecular weight excluding hydrogens is 126 g/mol. The summed E-state index contributed by atoms with van der Waals surface area (Å²) in [4.78, 5) is 10.1. The molecule has 0 saturated heterocycles. The Balaban J connectivity index is 3.05. The Morgan fingerprint density at radius 2 is 2.50 bits per heavy atom. The minimum atomic E-state index is -0.751. The average molecular weight is 135 g/mol. The average Bonchev–Trinajstić information content (AvgIpc) is 1.61. The fraction of sp³-hybridized carbons (Fsp3) is 0.750. The van der Waals surface area contributed by atoms with E-state index in [1.807, 2.05) is 0 Å². The molecule has 2 N–H and O–H groups in total. The van der Waals surface area contributed by atoms with Crippen LogP contribution in [-0.2, 0) is 4.79 Å². The summed E-state index contributed by atoms with van der Waals surface area (Å²) in [5.74, 6) is -0.155. The summed E-state index contributed by atoms with van der Waals surface area (Å²) in [6.45, 7) is 1.59. The number of thiol groups is 1. The standard InChI is InChI=1S/C4H9NO2S/c1-3(6)5-2-4(7)8/h4,7-8H,2H2,1H3,(H,5,6). The van der Waals surface area contributed by atoms with Gasteiger partial charge in [0.15, 0.2) is 0 Å². The largest absolute Gasteiger partial charge is 0.381 e. The van der Waals surface area contributed by atoms with Gasteiger partial charge in [-0.25, -0.2) is 0 Å². The molecule has 1 unspecified atom stereocenters. The van der Waals surface area contributed by atoms with Crippen molar-refractivity contribution in [3.05, 3.63) is 0 Å². The molecule has 0 radical (unpaired) electrons. The second-order valence-electron chi connectivity index (χ2n) is 1.42. The summed E-state index contributed by atoms with van der Waals surface area (Å²) in [5, 5.41) is 10.8. The third-order valence-electron chi connectivity index (χ3n) is 0.534. The Labute approximate surface area is 53.5 Å². The maximum absolute atomic E-state index is 10.1. The van der Waals surface area contributed by atoms with Crippen molar-refractivity contribution in [3.8, 4) is 0 Å². The van der Waals surface area contributed by atoms with Crippen LogP contribution in [0.25, 0.3) is 0 Å². The van der Waals surface area contributed by atoms with E-state index in [0.29, 0.717) is 0 Å². The Kier molecular flexibility index (Phi) is 3.64. The molecule has 8 heavy (non-hydrogen) atoms. The minimum absolute atomic E-state index is 0.155. The van der Waals surface area contributed by atoms with Crippen LogP contribution in [0, 0.1) is 0 Å². The summed E-state index contributed by atoms with van der Waals surface area (Å²) in [6, 6.07) is 0. The lowest BCUT2D eigenvalue weighted by Gasteiger charge is -2.01. The van der Waals surface area contributed by atoms with Crippen molar-refractivity contribution >= 4 is 18.5 Å². The van der Waals surface area contributed by atoms with Gasteiger partial charge in [-0.15, -0.1) is 12.6 Å². The normalized spacial score (nSPS) is 12.9. The van der Waals surface area contributed by atoms with Gasteiger partial charge in [0.05, 0.1) is 6.54 Å². The van der Waals surface area contributed by atoms with Gasteiger partial charge in [0.25, 0.3) is 0 Å². The second-order valence-corrected chi connectivity index (χ2v) is 2.01. The maximum Gasteiger partial charge on any atom is 0.216 e. The summed E-state index contributed by atoms with van der Waals surface area (Å²) in [6.07, 6.45) is 0. The number of hydrogen-bond donors (Lipinski definition) is 3. The summed E-state index contributed by atoms with van der Waals surface area (Å²) in [7, 11) is 0. The first-order valence-corrected chi connectivity index (χ1v) is 2.75. The molecule has 0 spiro atoms. The first-order chi connectivity index (χ1) is 3.63. The third kappa shape index (κ3) is 5.78. The number of hydrogen-bond acceptors (Lipinski definition) is 3. The first kappa shape index (κ1) is 7.78. The summed E-state index contributed by atoms with van der Waals surface area (Å²) in [5.41, 5.74) is -0.751. The Morgan fingerprint density at radius 3 is 2.62 bits per heavy atom. The zero-order valence-electron chi connectivity index (χ0n) is 4.59. The molecule has 0 saturated carbocycles. The van der Waals surface area contributed by atoms with Crippen molar-refractivity contribution < 1.29 is 9.90 Å². The number of amides is 1. The minimum Gasteiger partial charge on any atom is -0.381 e. The highest BCUT2D eigenvalue weighted by Gasteiger charge is 1.94. The van der Waals surface area contributed by atoms with E-state index in [-0.39, 0.29) is 12.5 Å². The van der Waals surface area contributed by atoms with Gasteiger partial charge in [0.1, 0.15) is 5.44 Å². The number of carbonyl (C=O) groups excluding carboxylic acids is 1. The van der Waals surface area contributed by atoms with E-state index in [0.717, 1.165) is 0 Å². The van der Waals surface area contributed by atoms with E-state index in [2.05, 4.69) is 17.9 Å². The molecule has 0 rings (SSSR count). The Hall–Kier alpha value is -0.220. The van der Waals surface area contributed by atoms with Gasteiger partial charge in [0, 0.05) is 6.92 Å². The number of nitrogens with one attached hydrogen (secondary N) is 1. The molecule has 3 nitrogen and oxygen atoms in total. The quantitative estimate of drug-likeness (QED) is 0.349. The summed E-state index contributed by atoms with van der Waals surface area (Å²) < 4.78 is 0. The molecule has 1 amide bonds. The van der Waals surface area contributed by atoms with E-state index >= 15 is 0 Å². The van der Waals surface area contributed by atoms with Crippen LogP contribution in [0.1, 0.15) is 6.92 Å². The Bertz CT molecular complexity index is 84.1. The van der Waals surface area contributed by atoms with Gasteiger partial charge in [-0.2, -0.15) is 0 Å². The monoisotopic (exact) mass is 135 g/mol. The van der Waals surface area contributed by atoms with Crippen LogP contribution in [0.3, 0.4) is 0 Å². The van der Waals surface area contributed by atoms with Crippen LogP contribution in [0.4, 0.5) is 0 Å². The highest BCUT2D eigenvalue weighted by molar-refractivity contribution is 7.80. The highest BCUT2D eigenvalue weighted by Crippen LogP contribution is 1.82. The smallest absolute Gasteiger partial charge is 0.216 e. The zero-order valence-corrected chi connectivity index (χ0v) is 5.48. The number of carbonyl (C=O) groups is 1. The predicted molar refractivity (Wildman–Crippen MR) is 33.7 cm³/mol. The molecule has 0 fully saturated rings. The molecule has 48 valence electrons. The van der Waals surface area contributed by atoms with E-state index in [1.54, 1.807) is 0 Å². The second kappa shape index (κ2) is 3.74. The van der Waals surface area contributed by atoms with Crippen LogP contribution < -0.4 is 5.32 Å². The van der Waals surface area contributed by atoms with Crippen LogP contribution in [0.2, 0.25) is 0 Å². The molecule has 0 bridgehead atoms. The van der Waals surface area contributed by atoms with Crippen molar-refractivity contribution in [2.45, 2.75) is 12.4 Å². The molecule has 0 aromatic carbocycles. The molecular formula is C4H9NO2S. The van der Waals surface area contributed by atoms with E-state index in [9.17, 15) is 4.79 Å². The van der Waals surface area contributed by atoms with E-state index in [1.165, 1.54) is 6.92 Å². The van der Waals surface area contributed by atoms with Crippen molar-refractivity contribution in [1.29, 1.82) is 0 Å². The van der Waals surface area contributed by atoms with Crippen LogP contribution in [0.15, 0.2) is 0 Å². The molecule has 0 aliphatic rings. The van der Waals surface area contributed by atoms with Crippen molar-refractivity contribution in [1.82, 2.24) is 5.32 Å². The van der Waals surface area contributed by atoms with Gasteiger partial charge >= 0.3 is 0 Å². The zero-order chi connectivity index (χ0) is 6.57. The summed E-state index contributed by atoms with van der Waals surface area (Å²) >= 11 is 3.61. The lowest BCUT2D eigenvalue weighted by Crippen LogP contribution is -2.27. The van der Waals surface area contributed by atoms with Gasteiger partial charge in [-0.05, 0) is 0 Å². The highest BCUT2D eigenvalue weighted by atomic mass is 32.1. The van der Waals surface area contributed by atoms with Gasteiger partial charge in [-0.3, -0.25) is 4.79 Å². The fourth-order valence-corrected chi connectivity index (χ4v) is 0.326. The van der Waals surface area contributed by atoms with Gasteiger partial charge in [-0.1, -0.05) is 0 Å². The Morgan fingerprint density at radius 1 is 2.00 bits per heavy atom. The predicted octanol–water partition coefficient (Wildman–Crippen LogP) is -0.629. The van der Waals surface area contributed by atoms with E-state index in [4.69, 9.17) is 5.11 Å². The third-order valence-corrected chi connectivity index (χ3v) is 0.716. The lowest BCUT2D eigenvalue weighted by molar-refractivity contribution is -0.119. The van der Waals surface area contributed by atoms with Crippen molar-refractivity contribution in [2.24, 2.45) is 0 Å². The lowest BCUT2D eigenvalue weighted by atomic mass is 10.6. The fourth-order valence-electron chi connectivity index (χ4n) is 0.235.